The van der Waals surface area contributed by atoms with Crippen molar-refractivity contribution in [2.45, 2.75) is 78.1 Å². The van der Waals surface area contributed by atoms with Crippen molar-refractivity contribution in [2.75, 3.05) is 26.2 Å². The van der Waals surface area contributed by atoms with Gasteiger partial charge in [-0.15, -0.1) is 0 Å². The Morgan fingerprint density at radius 3 is 1.08 bits per heavy atom. The first-order chi connectivity index (χ1) is 11.7. The third-order valence-corrected chi connectivity index (χ3v) is 3.81. The molecule has 6 heteroatoms. The van der Waals surface area contributed by atoms with E-state index in [4.69, 9.17) is 0 Å². The monoisotopic (exact) mass is 342 g/mol. The van der Waals surface area contributed by atoms with Gasteiger partial charge in [-0.1, -0.05) is 52.4 Å². The molecule has 0 rings (SSSR count). The Labute approximate surface area is 147 Å². The maximum atomic E-state index is 11.5. The van der Waals surface area contributed by atoms with Crippen LogP contribution in [0.4, 0.5) is 9.59 Å². The van der Waals surface area contributed by atoms with Gasteiger partial charge in [-0.05, 0) is 25.7 Å². The molecule has 142 valence electrons. The van der Waals surface area contributed by atoms with Gasteiger partial charge >= 0.3 is 12.1 Å². The van der Waals surface area contributed by atoms with Crippen LogP contribution in [0.1, 0.15) is 78.1 Å². The predicted octanol–water partition coefficient (Wildman–Crippen LogP) is 3.53. The second-order valence-corrected chi connectivity index (χ2v) is 6.19. The largest absolute Gasteiger partial charge is 0.338 e. The van der Waals surface area contributed by atoms with Crippen LogP contribution in [0.3, 0.4) is 0 Å². The zero-order valence-corrected chi connectivity index (χ0v) is 15.7. The normalized spacial score (nSPS) is 10.2. The summed E-state index contributed by atoms with van der Waals surface area (Å²) in [5.41, 5.74) is 0. The maximum absolute atomic E-state index is 11.5. The Balaban J connectivity index is 3.28. The molecule has 0 aliphatic carbocycles. The Morgan fingerprint density at radius 1 is 0.500 bits per heavy atom. The molecule has 4 amide bonds. The molecule has 0 radical (unpaired) electrons. The van der Waals surface area contributed by atoms with Crippen LogP contribution in [0, 0.1) is 0 Å². The van der Waals surface area contributed by atoms with Crippen molar-refractivity contribution < 1.29 is 9.59 Å². The summed E-state index contributed by atoms with van der Waals surface area (Å²) in [4.78, 5) is 23.0. The van der Waals surface area contributed by atoms with Crippen LogP contribution in [0.2, 0.25) is 0 Å². The molecular weight excluding hydrogens is 304 g/mol. The molecule has 0 spiro atoms. The molecule has 0 unspecified atom stereocenters. The van der Waals surface area contributed by atoms with Crippen molar-refractivity contribution in [3.05, 3.63) is 0 Å². The standard InChI is InChI=1S/C18H38N4O2/c1-3-5-7-9-13-19-17(23)21-15-11-12-16-22-18(24)20-14-10-8-6-4-2/h3-16H2,1-2H3,(H2,19,21,23)(H2,20,22,24). The first-order valence-corrected chi connectivity index (χ1v) is 9.74. The van der Waals surface area contributed by atoms with Gasteiger partial charge in [0, 0.05) is 26.2 Å². The molecule has 0 heterocycles. The van der Waals surface area contributed by atoms with Crippen molar-refractivity contribution in [3.8, 4) is 0 Å². The highest BCUT2D eigenvalue weighted by atomic mass is 16.2. The lowest BCUT2D eigenvalue weighted by atomic mass is 10.2. The van der Waals surface area contributed by atoms with Gasteiger partial charge in [0.1, 0.15) is 0 Å². The van der Waals surface area contributed by atoms with E-state index < -0.39 is 0 Å². The van der Waals surface area contributed by atoms with Gasteiger partial charge in [0.05, 0.1) is 0 Å². The second kappa shape index (κ2) is 17.9. The van der Waals surface area contributed by atoms with Crippen LogP contribution in [-0.4, -0.2) is 38.2 Å². The molecule has 0 atom stereocenters. The van der Waals surface area contributed by atoms with Crippen LogP contribution in [0.15, 0.2) is 0 Å². The first-order valence-electron chi connectivity index (χ1n) is 9.74. The first kappa shape index (κ1) is 22.5. The average molecular weight is 343 g/mol. The summed E-state index contributed by atoms with van der Waals surface area (Å²) in [5.74, 6) is 0. The van der Waals surface area contributed by atoms with E-state index in [1.165, 1.54) is 38.5 Å². The van der Waals surface area contributed by atoms with Gasteiger partial charge in [-0.2, -0.15) is 0 Å². The van der Waals surface area contributed by atoms with Crippen molar-refractivity contribution in [1.29, 1.82) is 0 Å². The fourth-order valence-electron chi connectivity index (χ4n) is 2.29. The molecule has 0 saturated carbocycles. The van der Waals surface area contributed by atoms with Crippen molar-refractivity contribution in [3.63, 3.8) is 0 Å². The highest BCUT2D eigenvalue weighted by Gasteiger charge is 2.00. The van der Waals surface area contributed by atoms with Gasteiger partial charge in [0.25, 0.3) is 0 Å². The lowest BCUT2D eigenvalue weighted by Gasteiger charge is -2.09. The quantitative estimate of drug-likeness (QED) is 0.343. The molecule has 0 aromatic rings. The molecule has 24 heavy (non-hydrogen) atoms. The second-order valence-electron chi connectivity index (χ2n) is 6.19. The van der Waals surface area contributed by atoms with E-state index in [1.807, 2.05) is 0 Å². The topological polar surface area (TPSA) is 82.3 Å². The summed E-state index contributed by atoms with van der Waals surface area (Å²) >= 11 is 0. The van der Waals surface area contributed by atoms with Gasteiger partial charge in [-0.25, -0.2) is 9.59 Å². The minimum Gasteiger partial charge on any atom is -0.338 e. The molecule has 0 aromatic carbocycles. The van der Waals surface area contributed by atoms with E-state index in [9.17, 15) is 9.59 Å². The number of carbonyl (C=O) groups excluding carboxylic acids is 2. The smallest absolute Gasteiger partial charge is 0.314 e. The Kier molecular flexibility index (Phi) is 16.8. The van der Waals surface area contributed by atoms with Crippen LogP contribution in [-0.2, 0) is 0 Å². The Hall–Kier alpha value is -1.46. The maximum Gasteiger partial charge on any atom is 0.314 e. The van der Waals surface area contributed by atoms with Crippen LogP contribution >= 0.6 is 0 Å². The lowest BCUT2D eigenvalue weighted by molar-refractivity contribution is 0.238. The van der Waals surface area contributed by atoms with Crippen LogP contribution in [0.25, 0.3) is 0 Å². The lowest BCUT2D eigenvalue weighted by Crippen LogP contribution is -2.38. The summed E-state index contributed by atoms with van der Waals surface area (Å²) in [6.07, 6.45) is 11.0. The van der Waals surface area contributed by atoms with Gasteiger partial charge in [-0.3, -0.25) is 0 Å². The van der Waals surface area contributed by atoms with Gasteiger partial charge in [0.2, 0.25) is 0 Å². The zero-order valence-electron chi connectivity index (χ0n) is 15.7. The Morgan fingerprint density at radius 2 is 0.792 bits per heavy atom. The molecule has 0 aromatic heterocycles. The Bertz CT molecular complexity index is 281. The highest BCUT2D eigenvalue weighted by Crippen LogP contribution is 1.97. The summed E-state index contributed by atoms with van der Waals surface area (Å²) < 4.78 is 0. The van der Waals surface area contributed by atoms with Crippen LogP contribution in [0.5, 0.6) is 0 Å². The number of hydrogen-bond donors (Lipinski definition) is 4. The van der Waals surface area contributed by atoms with E-state index >= 15 is 0 Å². The van der Waals surface area contributed by atoms with E-state index in [2.05, 4.69) is 35.1 Å². The number of hydrogen-bond acceptors (Lipinski definition) is 2. The molecule has 0 saturated heterocycles. The third-order valence-electron chi connectivity index (χ3n) is 3.81. The minimum atomic E-state index is -0.0933. The molecule has 0 aliphatic heterocycles. The van der Waals surface area contributed by atoms with E-state index in [0.29, 0.717) is 13.1 Å². The summed E-state index contributed by atoms with van der Waals surface area (Å²) in [5, 5.41) is 11.4. The summed E-state index contributed by atoms with van der Waals surface area (Å²) in [6, 6.07) is -0.187. The summed E-state index contributed by atoms with van der Waals surface area (Å²) in [6.45, 7) is 7.11. The zero-order chi connectivity index (χ0) is 17.9. The van der Waals surface area contributed by atoms with E-state index in [1.54, 1.807) is 0 Å². The summed E-state index contributed by atoms with van der Waals surface area (Å²) in [7, 11) is 0. The number of amides is 4. The number of carbonyl (C=O) groups is 2. The fraction of sp³-hybridized carbons (Fsp3) is 0.889. The SMILES string of the molecule is CCCCCCNC(=O)NCCCCNC(=O)NCCCCCC. The number of rotatable bonds is 15. The highest BCUT2D eigenvalue weighted by molar-refractivity contribution is 5.74. The van der Waals surface area contributed by atoms with E-state index in [-0.39, 0.29) is 12.1 Å². The molecule has 4 N–H and O–H groups in total. The van der Waals surface area contributed by atoms with E-state index in [0.717, 1.165) is 38.8 Å². The predicted molar refractivity (Wildman–Crippen MR) is 100 cm³/mol. The van der Waals surface area contributed by atoms with Crippen molar-refractivity contribution in [1.82, 2.24) is 21.3 Å². The third kappa shape index (κ3) is 16.9. The molecular formula is C18H38N4O2. The molecule has 6 nitrogen and oxygen atoms in total. The fourth-order valence-corrected chi connectivity index (χ4v) is 2.29. The van der Waals surface area contributed by atoms with Crippen molar-refractivity contribution in [2.24, 2.45) is 0 Å². The van der Waals surface area contributed by atoms with Gasteiger partial charge < -0.3 is 21.3 Å². The van der Waals surface area contributed by atoms with Gasteiger partial charge in [0.15, 0.2) is 0 Å². The minimum absolute atomic E-state index is 0.0933. The van der Waals surface area contributed by atoms with Crippen LogP contribution < -0.4 is 21.3 Å². The molecule has 0 aliphatic rings. The molecule has 0 bridgehead atoms. The average Bonchev–Trinajstić information content (AvgIpc) is 2.57. The van der Waals surface area contributed by atoms with Crippen molar-refractivity contribution >= 4 is 12.1 Å². The number of urea groups is 2. The number of nitrogens with one attached hydrogen (secondary N) is 4. The molecule has 0 fully saturated rings. The number of unbranched alkanes of at least 4 members (excludes halogenated alkanes) is 7.